The van der Waals surface area contributed by atoms with Crippen LogP contribution in [0.1, 0.15) is 6.42 Å². The van der Waals surface area contributed by atoms with E-state index in [1.165, 1.54) is 0 Å². The number of β-lactam (4-membered cyclic amide) rings is 1. The molecule has 0 aromatic heterocycles. The van der Waals surface area contributed by atoms with Crippen LogP contribution in [0.2, 0.25) is 0 Å². The Morgan fingerprint density at radius 1 is 1.19 bits per heavy atom. The van der Waals surface area contributed by atoms with Gasteiger partial charge in [-0.2, -0.15) is 0 Å². The third-order valence-corrected chi connectivity index (χ3v) is 6.85. The molecule has 2 saturated heterocycles. The summed E-state index contributed by atoms with van der Waals surface area (Å²) >= 11 is 0. The van der Waals surface area contributed by atoms with Gasteiger partial charge in [-0.1, -0.05) is 0 Å². The Labute approximate surface area is 176 Å². The number of benzene rings is 1. The molecule has 3 rings (SSSR count). The van der Waals surface area contributed by atoms with Crippen LogP contribution in [-0.2, 0) is 29.7 Å². The normalized spacial score (nSPS) is 22.0. The van der Waals surface area contributed by atoms with Gasteiger partial charge in [-0.15, -0.1) is 0 Å². The SMILES string of the molecule is O=C(CS(=O)(=O)c1ccc(O)c(O)c1)N1CC[C@@H]2[C@H]1C(=O)N2S(=O)(=O)[O-].[Na+]. The van der Waals surface area contributed by atoms with Gasteiger partial charge in [-0.3, -0.25) is 9.59 Å². The Morgan fingerprint density at radius 3 is 2.37 bits per heavy atom. The molecular formula is C13H13N2NaO9S2. The fourth-order valence-electron chi connectivity index (χ4n) is 3.11. The summed E-state index contributed by atoms with van der Waals surface area (Å²) in [6.45, 7) is -0.0672. The minimum Gasteiger partial charge on any atom is -0.731 e. The van der Waals surface area contributed by atoms with E-state index in [0.29, 0.717) is 0 Å². The predicted octanol–water partition coefficient (Wildman–Crippen LogP) is -4.85. The summed E-state index contributed by atoms with van der Waals surface area (Å²) in [6.07, 6.45) is 0.0453. The third-order valence-electron chi connectivity index (χ3n) is 4.32. The van der Waals surface area contributed by atoms with Gasteiger partial charge in [-0.25, -0.2) is 21.1 Å². The first-order valence-corrected chi connectivity index (χ1v) is 10.3. The molecule has 2 fully saturated rings. The number of rotatable bonds is 4. The van der Waals surface area contributed by atoms with Crippen LogP contribution in [0.15, 0.2) is 23.1 Å². The number of likely N-dealkylation sites (tertiary alicyclic amines) is 1. The van der Waals surface area contributed by atoms with Crippen molar-refractivity contribution in [3.63, 3.8) is 0 Å². The molecule has 2 aliphatic heterocycles. The van der Waals surface area contributed by atoms with Crippen LogP contribution in [0.25, 0.3) is 0 Å². The third kappa shape index (κ3) is 3.79. The molecule has 1 aromatic rings. The Kier molecular flexibility index (Phi) is 5.86. The van der Waals surface area contributed by atoms with E-state index in [9.17, 15) is 41.2 Å². The van der Waals surface area contributed by atoms with E-state index in [2.05, 4.69) is 0 Å². The quantitative estimate of drug-likeness (QED) is 0.206. The van der Waals surface area contributed by atoms with Gasteiger partial charge >= 0.3 is 29.6 Å². The summed E-state index contributed by atoms with van der Waals surface area (Å²) < 4.78 is 57.8. The molecule has 142 valence electrons. The zero-order chi connectivity index (χ0) is 19.4. The van der Waals surface area contributed by atoms with Gasteiger partial charge in [0.05, 0.1) is 10.9 Å². The van der Waals surface area contributed by atoms with Crippen molar-refractivity contribution in [3.8, 4) is 11.5 Å². The number of hydrogen-bond donors (Lipinski definition) is 2. The molecule has 11 nitrogen and oxygen atoms in total. The summed E-state index contributed by atoms with van der Waals surface area (Å²) in [7, 11) is -9.16. The summed E-state index contributed by atoms with van der Waals surface area (Å²) in [5, 5.41) is 18.6. The minimum atomic E-state index is -4.98. The number of sulfone groups is 1. The zero-order valence-corrected chi connectivity index (χ0v) is 17.6. The number of carbonyl (C=O) groups excluding carboxylic acids is 2. The number of aromatic hydroxyl groups is 2. The second-order valence-corrected chi connectivity index (χ2v) is 9.13. The topological polar surface area (TPSA) is 172 Å². The maximum atomic E-state index is 12.3. The molecule has 2 atom stereocenters. The first kappa shape index (κ1) is 21.9. The molecule has 0 unspecified atom stereocenters. The number of phenols is 2. The molecule has 0 aliphatic carbocycles. The monoisotopic (exact) mass is 428 g/mol. The van der Waals surface area contributed by atoms with E-state index in [1.54, 1.807) is 0 Å². The van der Waals surface area contributed by atoms with Crippen LogP contribution in [0.5, 0.6) is 11.5 Å². The van der Waals surface area contributed by atoms with Crippen molar-refractivity contribution in [2.45, 2.75) is 23.4 Å². The van der Waals surface area contributed by atoms with Gasteiger partial charge in [0.1, 0.15) is 11.8 Å². The van der Waals surface area contributed by atoms with E-state index in [-0.39, 0.29) is 46.8 Å². The van der Waals surface area contributed by atoms with E-state index >= 15 is 0 Å². The summed E-state index contributed by atoms with van der Waals surface area (Å²) in [5.74, 6) is -4.21. The van der Waals surface area contributed by atoms with Crippen LogP contribution < -0.4 is 29.6 Å². The molecule has 0 saturated carbocycles. The summed E-state index contributed by atoms with van der Waals surface area (Å²) in [6, 6.07) is 0.588. The standard InChI is InChI=1S/C13H14N2O9S2.Na/c16-9-2-1-7(5-10(9)17)25(20,21)6-11(18)14-4-3-8-12(14)13(19)15(8)26(22,23)24;/h1-2,5,8,12,16-17H,3-4,6H2,(H,22,23,24);/q;+1/p-1/t8-,12+;/m1./s1. The van der Waals surface area contributed by atoms with Crippen molar-refractivity contribution in [1.29, 1.82) is 0 Å². The van der Waals surface area contributed by atoms with E-state index in [4.69, 9.17) is 0 Å². The summed E-state index contributed by atoms with van der Waals surface area (Å²) in [4.78, 5) is 24.7. The molecule has 14 heteroatoms. The van der Waals surface area contributed by atoms with Crippen molar-refractivity contribution in [1.82, 2.24) is 9.21 Å². The maximum absolute atomic E-state index is 12.3. The molecule has 2 heterocycles. The second kappa shape index (κ2) is 7.22. The van der Waals surface area contributed by atoms with E-state index in [1.807, 2.05) is 0 Å². The molecule has 2 amide bonds. The largest absolute Gasteiger partial charge is 1.00 e. The minimum absolute atomic E-state index is 0. The van der Waals surface area contributed by atoms with Crippen molar-refractivity contribution in [2.75, 3.05) is 12.3 Å². The van der Waals surface area contributed by atoms with Gasteiger partial charge in [0, 0.05) is 12.6 Å². The fraction of sp³-hybridized carbons (Fsp3) is 0.385. The molecule has 1 aromatic carbocycles. The Bertz CT molecular complexity index is 1010. The van der Waals surface area contributed by atoms with E-state index < -0.39 is 66.2 Å². The Hall–Kier alpha value is -1.38. The van der Waals surface area contributed by atoms with Crippen LogP contribution >= 0.6 is 0 Å². The molecule has 2 N–H and O–H groups in total. The van der Waals surface area contributed by atoms with Crippen molar-refractivity contribution < 1.29 is 70.7 Å². The average molecular weight is 428 g/mol. The van der Waals surface area contributed by atoms with Gasteiger partial charge < -0.3 is 19.7 Å². The molecule has 0 spiro atoms. The number of hydrogen-bond acceptors (Lipinski definition) is 9. The van der Waals surface area contributed by atoms with Crippen LogP contribution in [-0.4, -0.2) is 77.0 Å². The number of nitrogens with zero attached hydrogens (tertiary/aromatic N) is 2. The van der Waals surface area contributed by atoms with Crippen molar-refractivity contribution >= 4 is 32.0 Å². The Balaban J connectivity index is 0.00000261. The molecule has 27 heavy (non-hydrogen) atoms. The maximum Gasteiger partial charge on any atom is 1.00 e. The predicted molar refractivity (Wildman–Crippen MR) is 82.3 cm³/mol. The molecule has 0 radical (unpaired) electrons. The van der Waals surface area contributed by atoms with Crippen LogP contribution in [0, 0.1) is 0 Å². The molecule has 0 bridgehead atoms. The van der Waals surface area contributed by atoms with Gasteiger partial charge in [0.2, 0.25) is 5.91 Å². The second-order valence-electron chi connectivity index (χ2n) is 5.89. The number of carbonyl (C=O) groups is 2. The number of amides is 2. The van der Waals surface area contributed by atoms with Crippen LogP contribution in [0.4, 0.5) is 0 Å². The first-order chi connectivity index (χ1) is 11.9. The van der Waals surface area contributed by atoms with Crippen molar-refractivity contribution in [3.05, 3.63) is 18.2 Å². The average Bonchev–Trinajstić information content (AvgIpc) is 2.86. The number of phenolic OH excluding ortho intramolecular Hbond substituents is 2. The van der Waals surface area contributed by atoms with Gasteiger partial charge in [0.15, 0.2) is 31.6 Å². The fourth-order valence-corrected chi connectivity index (χ4v) is 5.22. The summed E-state index contributed by atoms with van der Waals surface area (Å²) in [5.41, 5.74) is 0. The van der Waals surface area contributed by atoms with Crippen molar-refractivity contribution in [2.24, 2.45) is 0 Å². The number of fused-ring (bicyclic) bond motifs is 1. The molecular weight excluding hydrogens is 415 g/mol. The van der Waals surface area contributed by atoms with Gasteiger partial charge in [-0.05, 0) is 18.6 Å². The van der Waals surface area contributed by atoms with Crippen LogP contribution in [0.3, 0.4) is 0 Å². The molecule has 2 aliphatic rings. The Morgan fingerprint density at radius 2 is 1.81 bits per heavy atom. The smallest absolute Gasteiger partial charge is 0.731 e. The van der Waals surface area contributed by atoms with E-state index in [0.717, 1.165) is 23.1 Å². The first-order valence-electron chi connectivity index (χ1n) is 7.27. The van der Waals surface area contributed by atoms with Gasteiger partial charge in [0.25, 0.3) is 5.91 Å². The zero-order valence-electron chi connectivity index (χ0n) is 14.0.